The normalized spacial score (nSPS) is 34.7. The van der Waals surface area contributed by atoms with Crippen molar-refractivity contribution in [2.24, 2.45) is 5.92 Å². The molecule has 2 bridgehead atoms. The minimum atomic E-state index is 0.738. The number of hydrogen-bond donors (Lipinski definition) is 0. The van der Waals surface area contributed by atoms with Gasteiger partial charge in [0.05, 0.1) is 0 Å². The van der Waals surface area contributed by atoms with Crippen molar-refractivity contribution >= 4 is 0 Å². The van der Waals surface area contributed by atoms with Gasteiger partial charge in [0.15, 0.2) is 0 Å². The van der Waals surface area contributed by atoms with Gasteiger partial charge in [0.2, 0.25) is 0 Å². The Morgan fingerprint density at radius 2 is 1.63 bits per heavy atom. The lowest BCUT2D eigenvalue weighted by Gasteiger charge is -2.39. The Labute approximate surface area is 118 Å². The quantitative estimate of drug-likeness (QED) is 0.768. The Bertz CT molecular complexity index is 296. The maximum absolute atomic E-state index is 2.81. The Hall–Kier alpha value is -0.120. The van der Waals surface area contributed by atoms with Crippen molar-refractivity contribution < 1.29 is 0 Å². The third-order valence-electron chi connectivity index (χ3n) is 5.75. The molecule has 0 aromatic rings. The van der Waals surface area contributed by atoms with E-state index in [1.54, 1.807) is 0 Å². The van der Waals surface area contributed by atoms with Crippen molar-refractivity contribution in [1.82, 2.24) is 14.7 Å². The van der Waals surface area contributed by atoms with Crippen LogP contribution in [0.15, 0.2) is 0 Å². The van der Waals surface area contributed by atoms with Gasteiger partial charge in [-0.15, -0.1) is 0 Å². The second kappa shape index (κ2) is 5.71. The van der Waals surface area contributed by atoms with Gasteiger partial charge < -0.3 is 4.90 Å². The van der Waals surface area contributed by atoms with Crippen molar-refractivity contribution in [1.29, 1.82) is 0 Å². The van der Waals surface area contributed by atoms with E-state index in [1.165, 1.54) is 58.5 Å². The lowest BCUT2D eigenvalue weighted by atomic mass is 9.95. The van der Waals surface area contributed by atoms with E-state index in [0.717, 1.165) is 24.0 Å². The zero-order valence-electron chi connectivity index (χ0n) is 13.0. The smallest absolute Gasteiger partial charge is 0.0239 e. The molecule has 3 fully saturated rings. The van der Waals surface area contributed by atoms with Gasteiger partial charge in [-0.25, -0.2) is 0 Å². The van der Waals surface area contributed by atoms with E-state index in [9.17, 15) is 0 Å². The molecule has 0 radical (unpaired) electrons. The van der Waals surface area contributed by atoms with Crippen LogP contribution in [0.5, 0.6) is 0 Å². The third-order valence-corrected chi connectivity index (χ3v) is 5.75. The average molecular weight is 265 g/mol. The van der Waals surface area contributed by atoms with Gasteiger partial charge in [0, 0.05) is 37.8 Å². The molecular formula is C16H31N3. The summed E-state index contributed by atoms with van der Waals surface area (Å²) in [5.74, 6) is 0.962. The number of piperidine rings is 1. The van der Waals surface area contributed by atoms with Crippen LogP contribution in [0.3, 0.4) is 0 Å². The van der Waals surface area contributed by atoms with E-state index in [4.69, 9.17) is 0 Å². The van der Waals surface area contributed by atoms with Crippen molar-refractivity contribution in [3.63, 3.8) is 0 Å². The number of rotatable bonds is 4. The van der Waals surface area contributed by atoms with Crippen LogP contribution >= 0.6 is 0 Å². The first kappa shape index (κ1) is 13.8. The van der Waals surface area contributed by atoms with Gasteiger partial charge in [0.25, 0.3) is 0 Å². The van der Waals surface area contributed by atoms with Crippen molar-refractivity contribution in [2.75, 3.05) is 39.3 Å². The molecule has 0 unspecified atom stereocenters. The lowest BCUT2D eigenvalue weighted by molar-refractivity contribution is 0.0865. The molecule has 0 spiro atoms. The summed E-state index contributed by atoms with van der Waals surface area (Å²) in [5, 5.41) is 0. The number of fused-ring (bicyclic) bond motifs is 2. The predicted octanol–water partition coefficient (Wildman–Crippen LogP) is 1.89. The van der Waals surface area contributed by atoms with Crippen LogP contribution in [0, 0.1) is 5.92 Å². The number of nitrogens with zero attached hydrogens (tertiary/aromatic N) is 3. The molecule has 3 saturated heterocycles. The molecule has 3 heteroatoms. The van der Waals surface area contributed by atoms with Crippen LogP contribution in [-0.4, -0.2) is 72.1 Å². The molecule has 0 saturated carbocycles. The van der Waals surface area contributed by atoms with E-state index in [-0.39, 0.29) is 0 Å². The highest BCUT2D eigenvalue weighted by Gasteiger charge is 2.42. The second-order valence-electron chi connectivity index (χ2n) is 7.16. The second-order valence-corrected chi connectivity index (χ2v) is 7.16. The number of hydrogen-bond acceptors (Lipinski definition) is 3. The fourth-order valence-electron chi connectivity index (χ4n) is 4.43. The SMILES string of the molecule is CCN1C[C@@H]2C[C@H]1CN2CC1CCN(C(C)C)CC1. The molecule has 0 amide bonds. The molecule has 110 valence electrons. The maximum atomic E-state index is 2.81. The number of piperazine rings is 1. The first-order valence-electron chi connectivity index (χ1n) is 8.39. The molecule has 3 aliphatic heterocycles. The summed E-state index contributed by atoms with van der Waals surface area (Å²) < 4.78 is 0. The lowest BCUT2D eigenvalue weighted by Crippen LogP contribution is -2.49. The van der Waals surface area contributed by atoms with Crippen LogP contribution in [0.2, 0.25) is 0 Å². The van der Waals surface area contributed by atoms with Crippen molar-refractivity contribution in [2.45, 2.75) is 58.2 Å². The van der Waals surface area contributed by atoms with Gasteiger partial charge in [-0.3, -0.25) is 9.80 Å². The molecule has 3 aliphatic rings. The molecular weight excluding hydrogens is 234 g/mol. The predicted molar refractivity (Wildman–Crippen MR) is 80.4 cm³/mol. The summed E-state index contributed by atoms with van der Waals surface area (Å²) in [6.45, 7) is 14.9. The van der Waals surface area contributed by atoms with E-state index in [2.05, 4.69) is 35.5 Å². The van der Waals surface area contributed by atoms with Crippen molar-refractivity contribution in [3.8, 4) is 0 Å². The Kier molecular flexibility index (Phi) is 4.16. The third kappa shape index (κ3) is 2.84. The number of likely N-dealkylation sites (N-methyl/N-ethyl adjacent to an activating group) is 1. The first-order chi connectivity index (χ1) is 9.17. The van der Waals surface area contributed by atoms with Crippen molar-refractivity contribution in [3.05, 3.63) is 0 Å². The highest BCUT2D eigenvalue weighted by Crippen LogP contribution is 2.32. The van der Waals surface area contributed by atoms with E-state index >= 15 is 0 Å². The fourth-order valence-corrected chi connectivity index (χ4v) is 4.43. The first-order valence-corrected chi connectivity index (χ1v) is 8.39. The maximum Gasteiger partial charge on any atom is 0.0239 e. The van der Waals surface area contributed by atoms with Crippen LogP contribution in [-0.2, 0) is 0 Å². The molecule has 0 aromatic carbocycles. The molecule has 2 atom stereocenters. The minimum Gasteiger partial charge on any atom is -0.301 e. The van der Waals surface area contributed by atoms with Gasteiger partial charge in [-0.05, 0) is 58.7 Å². The molecule has 3 heterocycles. The molecule has 0 aliphatic carbocycles. The van der Waals surface area contributed by atoms with Crippen LogP contribution in [0.25, 0.3) is 0 Å². The summed E-state index contributed by atoms with van der Waals surface area (Å²) in [5.41, 5.74) is 0. The summed E-state index contributed by atoms with van der Waals surface area (Å²) in [6.07, 6.45) is 4.28. The van der Waals surface area contributed by atoms with Gasteiger partial charge in [-0.1, -0.05) is 6.92 Å². The largest absolute Gasteiger partial charge is 0.301 e. The highest BCUT2D eigenvalue weighted by molar-refractivity contribution is 4.99. The summed E-state index contributed by atoms with van der Waals surface area (Å²) >= 11 is 0. The molecule has 3 rings (SSSR count). The molecule has 0 N–H and O–H groups in total. The van der Waals surface area contributed by atoms with E-state index in [1.807, 2.05) is 0 Å². The van der Waals surface area contributed by atoms with E-state index < -0.39 is 0 Å². The van der Waals surface area contributed by atoms with E-state index in [0.29, 0.717) is 0 Å². The fraction of sp³-hybridized carbons (Fsp3) is 1.00. The number of likely N-dealkylation sites (tertiary alicyclic amines) is 3. The standard InChI is InChI=1S/C16H31N3/c1-4-17-11-16-9-15(17)12-19(16)10-14-5-7-18(8-6-14)13(2)3/h13-16H,4-12H2,1-3H3/t15-,16-/m0/s1. The Morgan fingerprint density at radius 1 is 1.00 bits per heavy atom. The Morgan fingerprint density at radius 3 is 2.16 bits per heavy atom. The summed E-state index contributed by atoms with van der Waals surface area (Å²) in [6, 6.07) is 2.50. The zero-order chi connectivity index (χ0) is 13.4. The summed E-state index contributed by atoms with van der Waals surface area (Å²) in [7, 11) is 0. The van der Waals surface area contributed by atoms with Crippen LogP contribution < -0.4 is 0 Å². The molecule has 3 nitrogen and oxygen atoms in total. The van der Waals surface area contributed by atoms with Crippen LogP contribution in [0.4, 0.5) is 0 Å². The topological polar surface area (TPSA) is 9.72 Å². The highest BCUT2D eigenvalue weighted by atomic mass is 15.3. The zero-order valence-corrected chi connectivity index (χ0v) is 13.0. The van der Waals surface area contributed by atoms with Crippen LogP contribution in [0.1, 0.15) is 40.0 Å². The minimum absolute atomic E-state index is 0.738. The summed E-state index contributed by atoms with van der Waals surface area (Å²) in [4.78, 5) is 8.14. The van der Waals surface area contributed by atoms with Gasteiger partial charge >= 0.3 is 0 Å². The monoisotopic (exact) mass is 265 g/mol. The molecule has 0 aromatic heterocycles. The Balaban J connectivity index is 1.45. The van der Waals surface area contributed by atoms with Gasteiger partial charge in [0.1, 0.15) is 0 Å². The van der Waals surface area contributed by atoms with Gasteiger partial charge in [-0.2, -0.15) is 0 Å². The average Bonchev–Trinajstić information content (AvgIpc) is 2.98. The molecule has 19 heavy (non-hydrogen) atoms.